The van der Waals surface area contributed by atoms with Crippen LogP contribution >= 0.6 is 0 Å². The third-order valence-corrected chi connectivity index (χ3v) is 4.29. The summed E-state index contributed by atoms with van der Waals surface area (Å²) >= 11 is 0. The first kappa shape index (κ1) is 16.6. The molecule has 1 saturated heterocycles. The number of nitrogens with one attached hydrogen (secondary N) is 1. The second-order valence-corrected chi connectivity index (χ2v) is 7.55. The van der Waals surface area contributed by atoms with Crippen molar-refractivity contribution < 1.29 is 4.79 Å². The molecular weight excluding hydrogens is 300 g/mol. The maximum absolute atomic E-state index is 12.3. The molecule has 0 aliphatic carbocycles. The van der Waals surface area contributed by atoms with Gasteiger partial charge in [0.05, 0.1) is 0 Å². The topological polar surface area (TPSA) is 48.5 Å². The molecule has 2 aromatic rings. The SMILES string of the molecule is CC(C)(C)CNC(=O)N1CCN(c2nccc3ccccc23)CC1. The summed E-state index contributed by atoms with van der Waals surface area (Å²) in [5.41, 5.74) is 0.102. The van der Waals surface area contributed by atoms with Crippen LogP contribution in [0.3, 0.4) is 0 Å². The number of fused-ring (bicyclic) bond motifs is 1. The molecule has 24 heavy (non-hydrogen) atoms. The Labute approximate surface area is 143 Å². The summed E-state index contributed by atoms with van der Waals surface area (Å²) in [7, 11) is 0. The molecule has 1 aliphatic heterocycles. The van der Waals surface area contributed by atoms with Crippen molar-refractivity contribution in [3.05, 3.63) is 36.5 Å². The van der Waals surface area contributed by atoms with Gasteiger partial charge in [0, 0.05) is 44.3 Å². The molecule has 2 amide bonds. The van der Waals surface area contributed by atoms with Crippen LogP contribution in [0.25, 0.3) is 10.8 Å². The van der Waals surface area contributed by atoms with Crippen molar-refractivity contribution in [2.24, 2.45) is 5.41 Å². The number of carbonyl (C=O) groups is 1. The van der Waals surface area contributed by atoms with Crippen LogP contribution in [0.1, 0.15) is 20.8 Å². The molecule has 0 atom stereocenters. The lowest BCUT2D eigenvalue weighted by Crippen LogP contribution is -2.53. The monoisotopic (exact) mass is 326 g/mol. The Hall–Kier alpha value is -2.30. The highest BCUT2D eigenvalue weighted by Gasteiger charge is 2.23. The smallest absolute Gasteiger partial charge is 0.317 e. The molecule has 1 aromatic heterocycles. The maximum Gasteiger partial charge on any atom is 0.317 e. The van der Waals surface area contributed by atoms with Gasteiger partial charge < -0.3 is 15.1 Å². The van der Waals surface area contributed by atoms with Crippen molar-refractivity contribution in [3.63, 3.8) is 0 Å². The first-order valence-electron chi connectivity index (χ1n) is 8.55. The molecule has 1 N–H and O–H groups in total. The molecular formula is C19H26N4O. The van der Waals surface area contributed by atoms with E-state index in [0.717, 1.165) is 32.0 Å². The van der Waals surface area contributed by atoms with E-state index >= 15 is 0 Å². The standard InChI is InChI=1S/C19H26N4O/c1-19(2,3)14-21-18(24)23-12-10-22(11-13-23)17-16-7-5-4-6-15(16)8-9-20-17/h4-9H,10-14H2,1-3H3,(H,21,24). The summed E-state index contributed by atoms with van der Waals surface area (Å²) < 4.78 is 0. The minimum atomic E-state index is 0.0375. The summed E-state index contributed by atoms with van der Waals surface area (Å²) in [5.74, 6) is 1.02. The van der Waals surface area contributed by atoms with Gasteiger partial charge in [-0.05, 0) is 16.9 Å². The number of aromatic nitrogens is 1. The molecule has 3 rings (SSSR count). The average molecular weight is 326 g/mol. The minimum absolute atomic E-state index is 0.0375. The van der Waals surface area contributed by atoms with Crippen molar-refractivity contribution in [2.45, 2.75) is 20.8 Å². The predicted octanol–water partition coefficient (Wildman–Crippen LogP) is 3.11. The normalized spacial score (nSPS) is 15.6. The summed E-state index contributed by atoms with van der Waals surface area (Å²) in [4.78, 5) is 21.0. The molecule has 0 saturated carbocycles. The minimum Gasteiger partial charge on any atom is -0.353 e. The molecule has 2 heterocycles. The molecule has 0 unspecified atom stereocenters. The van der Waals surface area contributed by atoms with Crippen molar-refractivity contribution >= 4 is 22.6 Å². The van der Waals surface area contributed by atoms with Crippen molar-refractivity contribution in [3.8, 4) is 0 Å². The summed E-state index contributed by atoms with van der Waals surface area (Å²) in [6.45, 7) is 10.1. The van der Waals surface area contributed by atoms with Gasteiger partial charge in [0.25, 0.3) is 0 Å². The Balaban J connectivity index is 1.63. The number of rotatable bonds is 2. The number of piperazine rings is 1. The fraction of sp³-hybridized carbons (Fsp3) is 0.474. The van der Waals surface area contributed by atoms with Crippen molar-refractivity contribution in [1.82, 2.24) is 15.2 Å². The average Bonchev–Trinajstić information content (AvgIpc) is 2.59. The van der Waals surface area contributed by atoms with Gasteiger partial charge in [-0.25, -0.2) is 9.78 Å². The predicted molar refractivity (Wildman–Crippen MR) is 98.4 cm³/mol. The molecule has 5 heteroatoms. The zero-order valence-corrected chi connectivity index (χ0v) is 14.7. The first-order valence-corrected chi connectivity index (χ1v) is 8.55. The quantitative estimate of drug-likeness (QED) is 0.922. The number of carbonyl (C=O) groups excluding carboxylic acids is 1. The van der Waals surface area contributed by atoms with Gasteiger partial charge >= 0.3 is 6.03 Å². The van der Waals surface area contributed by atoms with E-state index in [9.17, 15) is 4.79 Å². The lowest BCUT2D eigenvalue weighted by molar-refractivity contribution is 0.189. The highest BCUT2D eigenvalue weighted by Crippen LogP contribution is 2.25. The number of urea groups is 1. The van der Waals surface area contributed by atoms with Crippen molar-refractivity contribution in [1.29, 1.82) is 0 Å². The van der Waals surface area contributed by atoms with Gasteiger partial charge in [-0.2, -0.15) is 0 Å². The van der Waals surface area contributed by atoms with Crippen LogP contribution in [0.5, 0.6) is 0 Å². The van der Waals surface area contributed by atoms with Gasteiger partial charge in [-0.1, -0.05) is 45.0 Å². The maximum atomic E-state index is 12.3. The van der Waals surface area contributed by atoms with E-state index in [0.29, 0.717) is 6.54 Å². The number of hydrogen-bond donors (Lipinski definition) is 1. The summed E-state index contributed by atoms with van der Waals surface area (Å²) in [5, 5.41) is 5.40. The second kappa shape index (κ2) is 6.67. The Morgan fingerprint density at radius 3 is 2.54 bits per heavy atom. The van der Waals surface area contributed by atoms with Crippen LogP contribution in [-0.2, 0) is 0 Å². The first-order chi connectivity index (χ1) is 11.4. The van der Waals surface area contributed by atoms with Crippen molar-refractivity contribution in [2.75, 3.05) is 37.6 Å². The number of anilines is 1. The fourth-order valence-electron chi connectivity index (χ4n) is 2.93. The molecule has 0 radical (unpaired) electrons. The van der Waals surface area contributed by atoms with Gasteiger partial charge in [-0.3, -0.25) is 0 Å². The van der Waals surface area contributed by atoms with Gasteiger partial charge in [0.2, 0.25) is 0 Å². The van der Waals surface area contributed by atoms with Crippen LogP contribution in [-0.4, -0.2) is 48.6 Å². The highest BCUT2D eigenvalue weighted by molar-refractivity contribution is 5.92. The Morgan fingerprint density at radius 1 is 1.12 bits per heavy atom. The van der Waals surface area contributed by atoms with Crippen LogP contribution in [0.15, 0.2) is 36.5 Å². The number of amides is 2. The van der Waals surface area contributed by atoms with E-state index in [1.165, 1.54) is 10.8 Å². The van der Waals surface area contributed by atoms with Gasteiger partial charge in [-0.15, -0.1) is 0 Å². The Kier molecular flexibility index (Phi) is 4.60. The Morgan fingerprint density at radius 2 is 1.83 bits per heavy atom. The van der Waals surface area contributed by atoms with E-state index in [1.54, 1.807) is 0 Å². The third-order valence-electron chi connectivity index (χ3n) is 4.29. The van der Waals surface area contributed by atoms with E-state index in [-0.39, 0.29) is 11.4 Å². The van der Waals surface area contributed by atoms with E-state index < -0.39 is 0 Å². The third kappa shape index (κ3) is 3.78. The largest absolute Gasteiger partial charge is 0.353 e. The Bertz CT molecular complexity index is 709. The fourth-order valence-corrected chi connectivity index (χ4v) is 2.93. The molecule has 128 valence electrons. The van der Waals surface area contributed by atoms with Crippen LogP contribution in [0.2, 0.25) is 0 Å². The molecule has 0 bridgehead atoms. The van der Waals surface area contributed by atoms with Crippen LogP contribution < -0.4 is 10.2 Å². The van der Waals surface area contributed by atoms with E-state index in [4.69, 9.17) is 0 Å². The number of pyridine rings is 1. The van der Waals surface area contributed by atoms with Gasteiger partial charge in [0.1, 0.15) is 5.82 Å². The van der Waals surface area contributed by atoms with E-state index in [2.05, 4.69) is 48.1 Å². The summed E-state index contributed by atoms with van der Waals surface area (Å²) in [6, 6.07) is 10.4. The van der Waals surface area contributed by atoms with Crippen LogP contribution in [0.4, 0.5) is 10.6 Å². The number of nitrogens with zero attached hydrogens (tertiary/aromatic N) is 3. The van der Waals surface area contributed by atoms with Gasteiger partial charge in [0.15, 0.2) is 0 Å². The highest BCUT2D eigenvalue weighted by atomic mass is 16.2. The molecule has 1 fully saturated rings. The zero-order chi connectivity index (χ0) is 17.2. The summed E-state index contributed by atoms with van der Waals surface area (Å²) in [6.07, 6.45) is 1.86. The second-order valence-electron chi connectivity index (χ2n) is 7.55. The van der Waals surface area contributed by atoms with Crippen LogP contribution in [0, 0.1) is 5.41 Å². The molecule has 1 aromatic carbocycles. The molecule has 1 aliphatic rings. The number of hydrogen-bond acceptors (Lipinski definition) is 3. The molecule has 0 spiro atoms. The van der Waals surface area contributed by atoms with E-state index in [1.807, 2.05) is 29.3 Å². The lowest BCUT2D eigenvalue weighted by atomic mass is 9.97. The lowest BCUT2D eigenvalue weighted by Gasteiger charge is -2.36. The molecule has 5 nitrogen and oxygen atoms in total. The zero-order valence-electron chi connectivity index (χ0n) is 14.7. The number of benzene rings is 1.